The van der Waals surface area contributed by atoms with Crippen molar-refractivity contribution in [1.29, 1.82) is 0 Å². The number of nitrogens with zero attached hydrogens (tertiary/aromatic N) is 3. The molecule has 3 aromatic carbocycles. The number of hydrogen-bond donors (Lipinski definition) is 3. The summed E-state index contributed by atoms with van der Waals surface area (Å²) in [5, 5.41) is 8.32. The van der Waals surface area contributed by atoms with Crippen molar-refractivity contribution < 1.29 is 19.2 Å². The number of fused-ring (bicyclic) bond motifs is 2. The van der Waals surface area contributed by atoms with Gasteiger partial charge in [0.2, 0.25) is 0 Å². The molecule has 0 radical (unpaired) electrons. The molecule has 0 bridgehead atoms. The molecule has 2 amide bonds. The number of nitrogens with one attached hydrogen (secondary N) is 1. The van der Waals surface area contributed by atoms with Gasteiger partial charge in [-0.1, -0.05) is 65.8 Å². The van der Waals surface area contributed by atoms with Crippen LogP contribution in [-0.2, 0) is 16.2 Å². The highest BCUT2D eigenvalue weighted by molar-refractivity contribution is 6.13. The number of amides is 2. The molecule has 2 aliphatic rings. The number of alkyl carbamates (subject to hydrolysis) is 1. The quantitative estimate of drug-likeness (QED) is 0.307. The van der Waals surface area contributed by atoms with Crippen molar-refractivity contribution in [2.24, 2.45) is 16.7 Å². The van der Waals surface area contributed by atoms with Gasteiger partial charge in [-0.3, -0.25) is 4.79 Å². The van der Waals surface area contributed by atoms with E-state index in [4.69, 9.17) is 21.2 Å². The lowest BCUT2D eigenvalue weighted by Gasteiger charge is -2.33. The number of hydrazine groups is 1. The Balaban J connectivity index is 1.41. The van der Waals surface area contributed by atoms with Crippen LogP contribution in [0.1, 0.15) is 46.0 Å². The van der Waals surface area contributed by atoms with E-state index in [-0.39, 0.29) is 25.2 Å². The van der Waals surface area contributed by atoms with E-state index in [1.807, 2.05) is 73.7 Å². The monoisotopic (exact) mass is 540 g/mol. The zero-order valence-electron chi connectivity index (χ0n) is 22.5. The summed E-state index contributed by atoms with van der Waals surface area (Å²) in [6.07, 6.45) is -0.325. The predicted molar refractivity (Wildman–Crippen MR) is 154 cm³/mol. The molecule has 5 rings (SSSR count). The van der Waals surface area contributed by atoms with Crippen LogP contribution in [0.5, 0.6) is 0 Å². The van der Waals surface area contributed by atoms with Crippen LogP contribution in [0.2, 0.25) is 0 Å². The normalized spacial score (nSPS) is 18.1. The number of carbonyl (C=O) groups is 2. The first-order chi connectivity index (χ1) is 19.4. The lowest BCUT2D eigenvalue weighted by Crippen LogP contribution is -2.41. The molecule has 0 spiro atoms. The largest absolute Gasteiger partial charge is 0.445 e. The Hall–Kier alpha value is -4.83. The number of hydrogen-bond acceptors (Lipinski definition) is 8. The van der Waals surface area contributed by atoms with Gasteiger partial charge in [0.05, 0.1) is 29.3 Å². The first kappa shape index (κ1) is 26.8. The summed E-state index contributed by atoms with van der Waals surface area (Å²) in [6, 6.07) is 22.5. The molecular weight excluding hydrogens is 508 g/mol. The van der Waals surface area contributed by atoms with Gasteiger partial charge < -0.3 is 30.5 Å². The molecule has 10 heteroatoms. The van der Waals surface area contributed by atoms with Gasteiger partial charge in [0.1, 0.15) is 6.61 Å². The van der Waals surface area contributed by atoms with Crippen LogP contribution in [0.15, 0.2) is 78.0 Å². The molecule has 1 atom stereocenters. The van der Waals surface area contributed by atoms with Crippen molar-refractivity contribution in [2.45, 2.75) is 26.1 Å². The Labute approximate surface area is 232 Å². The molecule has 5 N–H and O–H groups in total. The second-order valence-electron chi connectivity index (χ2n) is 9.52. The van der Waals surface area contributed by atoms with E-state index in [0.717, 1.165) is 22.4 Å². The summed E-state index contributed by atoms with van der Waals surface area (Å²) < 4.78 is 5.10. The Bertz CT molecular complexity index is 1480. The van der Waals surface area contributed by atoms with Gasteiger partial charge in [-0.15, -0.1) is 0 Å². The lowest BCUT2D eigenvalue weighted by molar-refractivity contribution is 0.0817. The Morgan fingerprint density at radius 2 is 1.75 bits per heavy atom. The second kappa shape index (κ2) is 11.5. The molecule has 40 heavy (non-hydrogen) atoms. The minimum absolute atomic E-state index is 0.170. The summed E-state index contributed by atoms with van der Waals surface area (Å²) in [5.74, 6) is 6.20. The predicted octanol–water partition coefficient (Wildman–Crippen LogP) is 3.68. The first-order valence-electron chi connectivity index (χ1n) is 13.1. The van der Waals surface area contributed by atoms with Crippen LogP contribution in [0.4, 0.5) is 10.5 Å². The van der Waals surface area contributed by atoms with Gasteiger partial charge in [-0.05, 0) is 30.2 Å². The molecule has 0 fully saturated rings. The minimum atomic E-state index is -0.484. The van der Waals surface area contributed by atoms with Crippen molar-refractivity contribution in [2.75, 3.05) is 25.0 Å². The molecule has 3 aromatic rings. The molecule has 10 nitrogen and oxygen atoms in total. The van der Waals surface area contributed by atoms with Crippen molar-refractivity contribution >= 4 is 34.8 Å². The molecule has 0 aliphatic carbocycles. The van der Waals surface area contributed by atoms with E-state index in [9.17, 15) is 9.59 Å². The van der Waals surface area contributed by atoms with Gasteiger partial charge in [0.25, 0.3) is 5.91 Å². The van der Waals surface area contributed by atoms with Crippen LogP contribution in [0.25, 0.3) is 11.4 Å². The first-order valence-corrected chi connectivity index (χ1v) is 13.1. The average Bonchev–Trinajstić information content (AvgIpc) is 3.47. The number of benzene rings is 3. The molecule has 206 valence electrons. The third-order valence-electron chi connectivity index (χ3n) is 7.01. The Morgan fingerprint density at radius 3 is 2.45 bits per heavy atom. The van der Waals surface area contributed by atoms with E-state index in [1.165, 1.54) is 7.05 Å². The van der Waals surface area contributed by atoms with E-state index in [1.54, 1.807) is 16.0 Å². The zero-order valence-corrected chi connectivity index (χ0v) is 22.5. The topological polar surface area (TPSA) is 136 Å². The summed E-state index contributed by atoms with van der Waals surface area (Å²) in [6.45, 7) is 2.90. The Morgan fingerprint density at radius 1 is 1.07 bits per heavy atom. The summed E-state index contributed by atoms with van der Waals surface area (Å²) in [4.78, 5) is 33.0. The molecule has 0 aromatic heterocycles. The van der Waals surface area contributed by atoms with Crippen molar-refractivity contribution in [3.8, 4) is 0 Å². The van der Waals surface area contributed by atoms with Crippen molar-refractivity contribution in [3.05, 3.63) is 101 Å². The smallest absolute Gasteiger partial charge is 0.407 e. The fourth-order valence-electron chi connectivity index (χ4n) is 4.90. The molecule has 2 heterocycles. The van der Waals surface area contributed by atoms with Crippen LogP contribution in [-0.4, -0.2) is 49.0 Å². The number of anilines is 1. The van der Waals surface area contributed by atoms with Gasteiger partial charge >= 0.3 is 6.09 Å². The molecular formula is C30H32N6O4. The average molecular weight is 541 g/mol. The third kappa shape index (κ3) is 5.21. The number of oxime groups is 1. The van der Waals surface area contributed by atoms with Crippen LogP contribution in [0.3, 0.4) is 0 Å². The fourth-order valence-corrected chi connectivity index (χ4v) is 4.90. The number of nitrogens with two attached hydrogens (primary N) is 2. The van der Waals surface area contributed by atoms with Crippen LogP contribution < -0.4 is 21.8 Å². The summed E-state index contributed by atoms with van der Waals surface area (Å²) in [7, 11) is 1.51. The standard InChI is InChI=1S/C30H32N6O4/c1-3-36(32)28-22-8-4-5-9-23(22)29(37)35(26-11-7-6-10-24(26)27(28)31)17-21-16-25(34-40-21)20-14-12-19(13-15-20)18-39-30(38)33-2/h4-15,21H,3,16-18,31-32H2,1-2H3,(H,33,38)/b28-27-. The van der Waals surface area contributed by atoms with Gasteiger partial charge in [0.15, 0.2) is 6.10 Å². The summed E-state index contributed by atoms with van der Waals surface area (Å²) in [5.41, 5.74) is 13.0. The highest BCUT2D eigenvalue weighted by Crippen LogP contribution is 2.36. The fraction of sp³-hybridized carbons (Fsp3) is 0.233. The summed E-state index contributed by atoms with van der Waals surface area (Å²) >= 11 is 0. The zero-order chi connectivity index (χ0) is 28.2. The molecule has 0 saturated heterocycles. The number of ether oxygens (including phenoxy) is 1. The lowest BCUT2D eigenvalue weighted by atomic mass is 9.94. The number of carbonyl (C=O) groups excluding carboxylic acids is 2. The highest BCUT2D eigenvalue weighted by atomic mass is 16.6. The molecule has 2 aliphatic heterocycles. The maximum atomic E-state index is 14.1. The van der Waals surface area contributed by atoms with Gasteiger partial charge in [0, 0.05) is 36.7 Å². The van der Waals surface area contributed by atoms with Gasteiger partial charge in [-0.2, -0.15) is 0 Å². The van der Waals surface area contributed by atoms with Crippen molar-refractivity contribution in [1.82, 2.24) is 10.3 Å². The number of para-hydroxylation sites is 1. The molecule has 0 saturated carbocycles. The third-order valence-corrected chi connectivity index (χ3v) is 7.01. The highest BCUT2D eigenvalue weighted by Gasteiger charge is 2.33. The SMILES string of the molecule is CCN(N)/C1=C(\N)c2ccccc2N(CC2CC(c3ccc(COC(=O)NC)cc3)=NO2)C(=O)c2ccccc21. The Kier molecular flexibility index (Phi) is 7.70. The molecule has 1 unspecified atom stereocenters. The maximum Gasteiger partial charge on any atom is 0.407 e. The second-order valence-corrected chi connectivity index (χ2v) is 9.52. The maximum absolute atomic E-state index is 14.1. The van der Waals surface area contributed by atoms with Crippen molar-refractivity contribution in [3.63, 3.8) is 0 Å². The van der Waals surface area contributed by atoms with E-state index in [0.29, 0.717) is 41.2 Å². The van der Waals surface area contributed by atoms with Crippen LogP contribution >= 0.6 is 0 Å². The van der Waals surface area contributed by atoms with E-state index >= 15 is 0 Å². The van der Waals surface area contributed by atoms with Gasteiger partial charge in [-0.25, -0.2) is 10.6 Å². The van der Waals surface area contributed by atoms with E-state index in [2.05, 4.69) is 10.5 Å². The van der Waals surface area contributed by atoms with Crippen LogP contribution in [0, 0.1) is 0 Å². The number of rotatable bonds is 7. The minimum Gasteiger partial charge on any atom is -0.445 e. The van der Waals surface area contributed by atoms with E-state index < -0.39 is 6.09 Å².